The first kappa shape index (κ1) is 69.6. The molecular formula is C67H128O6. The van der Waals surface area contributed by atoms with Gasteiger partial charge in [0.05, 0.1) is 31.0 Å². The van der Waals surface area contributed by atoms with E-state index in [1.54, 1.807) is 0 Å². The standard InChI is InChI=1S/C67H128O6/c1-2-3-4-5-6-7-8-9-10-11-12-13-14-15-16-17-18-19-20-21-22-23-24-25-26-27-28-29-30-31-32-33-34-35-36-37-38-39-40-41-42-43-44-45-46-47-48-49-50-51-52-53-54-55-56-57-58-64-59-65(70)72-62-67(60-68,61-69)63-73-66(64)71/h39-40,64,68-69H,2-38,41-63H2,1H3/b40-39+. The van der Waals surface area contributed by atoms with Crippen LogP contribution in [0.15, 0.2) is 12.2 Å². The zero-order valence-corrected chi connectivity index (χ0v) is 49.2. The molecule has 2 N–H and O–H groups in total. The predicted octanol–water partition coefficient (Wildman–Crippen LogP) is 21.1. The van der Waals surface area contributed by atoms with Gasteiger partial charge in [-0.2, -0.15) is 0 Å². The summed E-state index contributed by atoms with van der Waals surface area (Å²) >= 11 is 0. The second-order valence-electron chi connectivity index (χ2n) is 23.9. The van der Waals surface area contributed by atoms with Crippen LogP contribution in [0.5, 0.6) is 0 Å². The molecule has 0 aromatic rings. The number of carbonyl (C=O) groups excluding carboxylic acids is 2. The van der Waals surface area contributed by atoms with Crippen molar-refractivity contribution in [2.75, 3.05) is 26.4 Å². The molecular weight excluding hydrogens is 901 g/mol. The van der Waals surface area contributed by atoms with Crippen LogP contribution in [-0.4, -0.2) is 48.6 Å². The van der Waals surface area contributed by atoms with Crippen molar-refractivity contribution in [2.45, 2.75) is 366 Å². The molecule has 0 radical (unpaired) electrons. The summed E-state index contributed by atoms with van der Waals surface area (Å²) in [6.45, 7) is 1.21. The molecule has 1 heterocycles. The normalized spacial score (nSPS) is 15.2. The lowest BCUT2D eigenvalue weighted by atomic mass is 9.92. The molecule has 73 heavy (non-hydrogen) atoms. The van der Waals surface area contributed by atoms with E-state index < -0.39 is 36.5 Å². The highest BCUT2D eigenvalue weighted by Gasteiger charge is 2.36. The Bertz CT molecular complexity index is 1150. The van der Waals surface area contributed by atoms with Gasteiger partial charge in [0, 0.05) is 0 Å². The Morgan fingerprint density at radius 1 is 0.356 bits per heavy atom. The van der Waals surface area contributed by atoms with Crippen LogP contribution in [-0.2, 0) is 19.1 Å². The van der Waals surface area contributed by atoms with Crippen molar-refractivity contribution in [3.8, 4) is 0 Å². The third-order valence-electron chi connectivity index (χ3n) is 16.5. The van der Waals surface area contributed by atoms with Crippen LogP contribution in [0.4, 0.5) is 0 Å². The van der Waals surface area contributed by atoms with Crippen LogP contribution in [0.2, 0.25) is 0 Å². The second-order valence-corrected chi connectivity index (χ2v) is 23.9. The predicted molar refractivity (Wildman–Crippen MR) is 315 cm³/mol. The first-order valence-corrected chi connectivity index (χ1v) is 33.3. The van der Waals surface area contributed by atoms with Crippen LogP contribution in [0.25, 0.3) is 0 Å². The Balaban J connectivity index is 1.68. The Morgan fingerprint density at radius 3 is 0.849 bits per heavy atom. The molecule has 432 valence electrons. The lowest BCUT2D eigenvalue weighted by molar-refractivity contribution is -0.155. The SMILES string of the molecule is CCCCCCCCCCCCCCCCCCCCCCCCCCCCCCCCCCCCCC/C=C/CCCCCCCCCCCCCCCCCCC1CC(=O)OCC(CO)(CO)COC1=O. The van der Waals surface area contributed by atoms with Gasteiger partial charge in [-0.1, -0.05) is 340 Å². The summed E-state index contributed by atoms with van der Waals surface area (Å²) in [7, 11) is 0. The van der Waals surface area contributed by atoms with Crippen molar-refractivity contribution in [2.24, 2.45) is 11.3 Å². The van der Waals surface area contributed by atoms with E-state index in [9.17, 15) is 19.8 Å². The molecule has 1 unspecified atom stereocenters. The van der Waals surface area contributed by atoms with Crippen LogP contribution in [0.3, 0.4) is 0 Å². The van der Waals surface area contributed by atoms with E-state index in [1.807, 2.05) is 0 Å². The summed E-state index contributed by atoms with van der Waals surface area (Å²) < 4.78 is 10.6. The van der Waals surface area contributed by atoms with Crippen molar-refractivity contribution in [3.63, 3.8) is 0 Å². The Hall–Kier alpha value is -1.40. The summed E-state index contributed by atoms with van der Waals surface area (Å²) in [5, 5.41) is 19.2. The van der Waals surface area contributed by atoms with Gasteiger partial charge in [0.2, 0.25) is 0 Å². The van der Waals surface area contributed by atoms with E-state index in [0.717, 1.165) is 19.3 Å². The van der Waals surface area contributed by atoms with Gasteiger partial charge in [-0.3, -0.25) is 9.59 Å². The molecule has 0 aromatic heterocycles. The Kier molecular flexibility index (Phi) is 54.2. The number of hydrogen-bond donors (Lipinski definition) is 2. The Morgan fingerprint density at radius 2 is 0.589 bits per heavy atom. The van der Waals surface area contributed by atoms with Gasteiger partial charge in [0.25, 0.3) is 0 Å². The van der Waals surface area contributed by atoms with Crippen LogP contribution in [0.1, 0.15) is 366 Å². The number of rotatable bonds is 58. The molecule has 0 aromatic carbocycles. The molecule has 6 heteroatoms. The number of cyclic esters (lactones) is 2. The van der Waals surface area contributed by atoms with Crippen molar-refractivity contribution in [1.82, 2.24) is 0 Å². The minimum Gasteiger partial charge on any atom is -0.465 e. The highest BCUT2D eigenvalue weighted by Crippen LogP contribution is 2.25. The molecule has 0 amide bonds. The number of aliphatic hydroxyl groups is 2. The zero-order chi connectivity index (χ0) is 52.5. The largest absolute Gasteiger partial charge is 0.465 e. The average Bonchev–Trinajstić information content (AvgIpc) is 3.46. The fourth-order valence-corrected chi connectivity index (χ4v) is 11.1. The molecule has 6 nitrogen and oxygen atoms in total. The lowest BCUT2D eigenvalue weighted by Gasteiger charge is -2.27. The van der Waals surface area contributed by atoms with Crippen molar-refractivity contribution in [1.29, 1.82) is 0 Å². The van der Waals surface area contributed by atoms with E-state index in [4.69, 9.17) is 9.47 Å². The first-order valence-electron chi connectivity index (χ1n) is 33.3. The third kappa shape index (κ3) is 48.7. The van der Waals surface area contributed by atoms with E-state index in [2.05, 4.69) is 19.1 Å². The second kappa shape index (κ2) is 56.8. The quantitative estimate of drug-likeness (QED) is 0.0358. The van der Waals surface area contributed by atoms with Gasteiger partial charge in [-0.25, -0.2) is 0 Å². The van der Waals surface area contributed by atoms with Gasteiger partial charge in [0.1, 0.15) is 13.2 Å². The van der Waals surface area contributed by atoms with Crippen LogP contribution < -0.4 is 0 Å². The average molecular weight is 1030 g/mol. The number of ether oxygens (including phenoxy) is 2. The monoisotopic (exact) mass is 1030 g/mol. The zero-order valence-electron chi connectivity index (χ0n) is 49.2. The number of aliphatic hydroxyl groups excluding tert-OH is 2. The highest BCUT2D eigenvalue weighted by atomic mass is 16.6. The third-order valence-corrected chi connectivity index (χ3v) is 16.5. The molecule has 1 atom stereocenters. The summed E-state index contributed by atoms with van der Waals surface area (Å²) in [6.07, 6.45) is 81.7. The van der Waals surface area contributed by atoms with Crippen molar-refractivity contribution < 1.29 is 29.3 Å². The lowest BCUT2D eigenvalue weighted by Crippen LogP contribution is -2.40. The topological polar surface area (TPSA) is 93.1 Å². The highest BCUT2D eigenvalue weighted by molar-refractivity contribution is 5.80. The smallest absolute Gasteiger partial charge is 0.309 e. The van der Waals surface area contributed by atoms with Gasteiger partial charge in [0.15, 0.2) is 0 Å². The minimum atomic E-state index is -1.12. The summed E-state index contributed by atoms with van der Waals surface area (Å²) in [4.78, 5) is 24.7. The summed E-state index contributed by atoms with van der Waals surface area (Å²) in [5.41, 5.74) is -1.12. The molecule has 1 fully saturated rings. The number of allylic oxidation sites excluding steroid dienone is 2. The van der Waals surface area contributed by atoms with Gasteiger partial charge >= 0.3 is 11.9 Å². The van der Waals surface area contributed by atoms with Crippen LogP contribution in [0, 0.1) is 11.3 Å². The fourth-order valence-electron chi connectivity index (χ4n) is 11.1. The van der Waals surface area contributed by atoms with Crippen molar-refractivity contribution >= 4 is 11.9 Å². The molecule has 0 saturated carbocycles. The summed E-state index contributed by atoms with van der Waals surface area (Å²) in [6, 6.07) is 0. The molecule has 0 bridgehead atoms. The summed E-state index contributed by atoms with van der Waals surface area (Å²) in [5.74, 6) is -1.40. The number of esters is 2. The molecule has 1 aliphatic rings. The fraction of sp³-hybridized carbons (Fsp3) is 0.940. The molecule has 0 spiro atoms. The van der Waals surface area contributed by atoms with Crippen LogP contribution >= 0.6 is 0 Å². The number of carbonyl (C=O) groups is 2. The van der Waals surface area contributed by atoms with E-state index in [0.29, 0.717) is 6.42 Å². The van der Waals surface area contributed by atoms with Gasteiger partial charge in [-0.05, 0) is 32.1 Å². The maximum Gasteiger partial charge on any atom is 0.309 e. The van der Waals surface area contributed by atoms with Gasteiger partial charge in [-0.15, -0.1) is 0 Å². The van der Waals surface area contributed by atoms with E-state index >= 15 is 0 Å². The number of hydrogen-bond acceptors (Lipinski definition) is 6. The molecule has 1 saturated heterocycles. The van der Waals surface area contributed by atoms with Crippen molar-refractivity contribution in [3.05, 3.63) is 12.2 Å². The molecule has 0 aliphatic carbocycles. The maximum absolute atomic E-state index is 12.5. The Labute approximate surface area is 455 Å². The number of unbranched alkanes of at least 4 members (excludes halogenated alkanes) is 52. The minimum absolute atomic E-state index is 0.00342. The molecule has 1 aliphatic heterocycles. The van der Waals surface area contributed by atoms with Gasteiger partial charge < -0.3 is 19.7 Å². The first-order chi connectivity index (χ1) is 36.1. The van der Waals surface area contributed by atoms with E-state index in [-0.39, 0.29) is 19.6 Å². The van der Waals surface area contributed by atoms with E-state index in [1.165, 1.54) is 327 Å². The maximum atomic E-state index is 12.5. The molecule has 1 rings (SSSR count).